The molecule has 1 aromatic carbocycles. The molecule has 3 heteroatoms. The van der Waals surface area contributed by atoms with Crippen molar-refractivity contribution in [3.63, 3.8) is 0 Å². The van der Waals surface area contributed by atoms with Crippen LogP contribution >= 0.6 is 0 Å². The Hall–Kier alpha value is -1.74. The van der Waals surface area contributed by atoms with Gasteiger partial charge in [-0.2, -0.15) is 0 Å². The van der Waals surface area contributed by atoms with Crippen molar-refractivity contribution in [3.8, 4) is 0 Å². The Bertz CT molecular complexity index is 599. The van der Waals surface area contributed by atoms with Gasteiger partial charge in [-0.15, -0.1) is 0 Å². The molecule has 1 N–H and O–H groups in total. The van der Waals surface area contributed by atoms with Crippen molar-refractivity contribution in [2.75, 3.05) is 6.54 Å². The molecule has 1 aromatic heterocycles. The number of nitrogens with one attached hydrogen (secondary N) is 1. The van der Waals surface area contributed by atoms with Crippen LogP contribution in [-0.4, -0.2) is 11.5 Å². The van der Waals surface area contributed by atoms with Gasteiger partial charge in [0.05, 0.1) is 6.04 Å². The maximum absolute atomic E-state index is 14.5. The van der Waals surface area contributed by atoms with Crippen LogP contribution < -0.4 is 5.32 Å². The predicted molar refractivity (Wildman–Crippen MR) is 85.0 cm³/mol. The fraction of sp³-hybridized carbons (Fsp3) is 0.389. The minimum atomic E-state index is -0.143. The van der Waals surface area contributed by atoms with Gasteiger partial charge < -0.3 is 5.32 Å². The summed E-state index contributed by atoms with van der Waals surface area (Å²) in [5.41, 5.74) is 4.67. The molecular formula is C18H23FN2. The molecule has 0 saturated carbocycles. The highest BCUT2D eigenvalue weighted by Crippen LogP contribution is 2.28. The first-order valence-electron chi connectivity index (χ1n) is 7.45. The van der Waals surface area contributed by atoms with Gasteiger partial charge in [-0.05, 0) is 68.6 Å². The van der Waals surface area contributed by atoms with E-state index in [4.69, 9.17) is 0 Å². The molecule has 0 bridgehead atoms. The Labute approximate surface area is 126 Å². The van der Waals surface area contributed by atoms with E-state index in [9.17, 15) is 4.39 Å². The smallest absolute Gasteiger partial charge is 0.128 e. The number of pyridine rings is 1. The van der Waals surface area contributed by atoms with Crippen molar-refractivity contribution in [1.82, 2.24) is 10.3 Å². The molecule has 2 rings (SSSR count). The largest absolute Gasteiger partial charge is 0.306 e. The summed E-state index contributed by atoms with van der Waals surface area (Å²) in [5, 5.41) is 3.46. The molecule has 0 radical (unpaired) electrons. The summed E-state index contributed by atoms with van der Waals surface area (Å²) in [4.78, 5) is 4.23. The molecule has 1 atom stereocenters. The summed E-state index contributed by atoms with van der Waals surface area (Å²) in [7, 11) is 0. The Morgan fingerprint density at radius 3 is 2.57 bits per heavy atom. The zero-order valence-electron chi connectivity index (χ0n) is 13.2. The third-order valence-electron chi connectivity index (χ3n) is 3.62. The fourth-order valence-corrected chi connectivity index (χ4v) is 2.71. The van der Waals surface area contributed by atoms with Gasteiger partial charge in [0, 0.05) is 17.5 Å². The molecule has 0 fully saturated rings. The first-order chi connectivity index (χ1) is 10.0. The molecule has 2 aromatic rings. The quantitative estimate of drug-likeness (QED) is 0.889. The molecule has 112 valence electrons. The highest BCUT2D eigenvalue weighted by molar-refractivity contribution is 5.40. The van der Waals surface area contributed by atoms with Gasteiger partial charge in [-0.1, -0.05) is 13.0 Å². The van der Waals surface area contributed by atoms with Gasteiger partial charge in [-0.25, -0.2) is 4.39 Å². The summed E-state index contributed by atoms with van der Waals surface area (Å²) in [6, 6.07) is 7.49. The van der Waals surface area contributed by atoms with Crippen LogP contribution in [0, 0.1) is 26.6 Å². The molecule has 0 aliphatic rings. The van der Waals surface area contributed by atoms with Crippen LogP contribution in [0.25, 0.3) is 0 Å². The Kier molecular flexibility index (Phi) is 5.07. The van der Waals surface area contributed by atoms with Gasteiger partial charge in [0.15, 0.2) is 0 Å². The van der Waals surface area contributed by atoms with Crippen LogP contribution in [0.15, 0.2) is 30.5 Å². The van der Waals surface area contributed by atoms with E-state index < -0.39 is 0 Å². The second-order valence-corrected chi connectivity index (χ2v) is 5.60. The maximum Gasteiger partial charge on any atom is 0.128 e. The van der Waals surface area contributed by atoms with Crippen LogP contribution in [0.3, 0.4) is 0 Å². The number of rotatable bonds is 5. The topological polar surface area (TPSA) is 24.9 Å². The van der Waals surface area contributed by atoms with Crippen LogP contribution in [0.1, 0.15) is 47.3 Å². The van der Waals surface area contributed by atoms with E-state index >= 15 is 0 Å². The van der Waals surface area contributed by atoms with Gasteiger partial charge in [0.25, 0.3) is 0 Å². The molecule has 0 amide bonds. The zero-order chi connectivity index (χ0) is 15.4. The van der Waals surface area contributed by atoms with E-state index in [1.54, 1.807) is 12.3 Å². The van der Waals surface area contributed by atoms with E-state index in [1.165, 1.54) is 0 Å². The van der Waals surface area contributed by atoms with E-state index in [1.807, 2.05) is 39.0 Å². The minimum Gasteiger partial charge on any atom is -0.306 e. The lowest BCUT2D eigenvalue weighted by atomic mass is 9.93. The molecular weight excluding hydrogens is 263 g/mol. The van der Waals surface area contributed by atoms with Crippen LogP contribution in [0.5, 0.6) is 0 Å². The Morgan fingerprint density at radius 1 is 1.19 bits per heavy atom. The Morgan fingerprint density at radius 2 is 1.95 bits per heavy atom. The lowest BCUT2D eigenvalue weighted by Crippen LogP contribution is -2.25. The first kappa shape index (κ1) is 15.6. The third kappa shape index (κ3) is 3.67. The lowest BCUT2D eigenvalue weighted by molar-refractivity contribution is 0.542. The summed E-state index contributed by atoms with van der Waals surface area (Å²) < 4.78 is 14.5. The van der Waals surface area contributed by atoms with Gasteiger partial charge in [0.1, 0.15) is 5.82 Å². The van der Waals surface area contributed by atoms with Gasteiger partial charge in [-0.3, -0.25) is 4.98 Å². The number of nitrogens with zero attached hydrogens (tertiary/aromatic N) is 1. The molecule has 1 unspecified atom stereocenters. The SMILES string of the molecule is CCCNC(c1ccnc(C)c1)c1c(C)cc(C)cc1F. The van der Waals surface area contributed by atoms with E-state index in [-0.39, 0.29) is 11.9 Å². The molecule has 2 nitrogen and oxygen atoms in total. The fourth-order valence-electron chi connectivity index (χ4n) is 2.71. The number of aryl methyl sites for hydroxylation is 3. The highest BCUT2D eigenvalue weighted by Gasteiger charge is 2.20. The van der Waals surface area contributed by atoms with Crippen LogP contribution in [0.4, 0.5) is 4.39 Å². The lowest BCUT2D eigenvalue weighted by Gasteiger charge is -2.22. The molecule has 0 aliphatic carbocycles. The predicted octanol–water partition coefficient (Wildman–Crippen LogP) is 4.23. The van der Waals surface area contributed by atoms with Gasteiger partial charge >= 0.3 is 0 Å². The van der Waals surface area contributed by atoms with E-state index in [0.29, 0.717) is 0 Å². The van der Waals surface area contributed by atoms with E-state index in [2.05, 4.69) is 17.2 Å². The van der Waals surface area contributed by atoms with Gasteiger partial charge in [0.2, 0.25) is 0 Å². The van der Waals surface area contributed by atoms with Crippen molar-refractivity contribution in [3.05, 3.63) is 64.2 Å². The summed E-state index contributed by atoms with van der Waals surface area (Å²) >= 11 is 0. The summed E-state index contributed by atoms with van der Waals surface area (Å²) in [5.74, 6) is -0.143. The standard InChI is InChI=1S/C18H23FN2/c1-5-7-21-18(15-6-8-20-14(4)11-15)17-13(3)9-12(2)10-16(17)19/h6,8-11,18,21H,5,7H2,1-4H3. The van der Waals surface area contributed by atoms with E-state index in [0.717, 1.165) is 40.9 Å². The second-order valence-electron chi connectivity index (χ2n) is 5.60. The number of halogens is 1. The normalized spacial score (nSPS) is 12.4. The maximum atomic E-state index is 14.5. The summed E-state index contributed by atoms with van der Waals surface area (Å²) in [6.45, 7) is 8.81. The minimum absolute atomic E-state index is 0.132. The molecule has 0 aliphatic heterocycles. The third-order valence-corrected chi connectivity index (χ3v) is 3.62. The van der Waals surface area contributed by atoms with Crippen molar-refractivity contribution >= 4 is 0 Å². The van der Waals surface area contributed by atoms with Crippen molar-refractivity contribution in [2.24, 2.45) is 0 Å². The zero-order valence-corrected chi connectivity index (χ0v) is 13.2. The van der Waals surface area contributed by atoms with Crippen LogP contribution in [-0.2, 0) is 0 Å². The number of hydrogen-bond acceptors (Lipinski definition) is 2. The number of aromatic nitrogens is 1. The molecule has 21 heavy (non-hydrogen) atoms. The second kappa shape index (κ2) is 6.81. The molecule has 0 spiro atoms. The number of benzene rings is 1. The Balaban J connectivity index is 2.50. The molecule has 0 saturated heterocycles. The number of hydrogen-bond donors (Lipinski definition) is 1. The average molecular weight is 286 g/mol. The van der Waals surface area contributed by atoms with Crippen molar-refractivity contribution < 1.29 is 4.39 Å². The monoisotopic (exact) mass is 286 g/mol. The average Bonchev–Trinajstić information content (AvgIpc) is 2.41. The van der Waals surface area contributed by atoms with Crippen molar-refractivity contribution in [2.45, 2.75) is 40.2 Å². The highest BCUT2D eigenvalue weighted by atomic mass is 19.1. The first-order valence-corrected chi connectivity index (χ1v) is 7.45. The summed E-state index contributed by atoms with van der Waals surface area (Å²) in [6.07, 6.45) is 2.79. The van der Waals surface area contributed by atoms with Crippen LogP contribution in [0.2, 0.25) is 0 Å². The van der Waals surface area contributed by atoms with Crippen molar-refractivity contribution in [1.29, 1.82) is 0 Å². The molecule has 1 heterocycles.